The van der Waals surface area contributed by atoms with Crippen LogP contribution in [-0.2, 0) is 16.0 Å². The van der Waals surface area contributed by atoms with Gasteiger partial charge in [-0.25, -0.2) is 4.39 Å². The number of nitrogens with one attached hydrogen (secondary N) is 1. The van der Waals surface area contributed by atoms with Gasteiger partial charge in [0.2, 0.25) is 11.8 Å². The molecule has 0 saturated heterocycles. The minimum absolute atomic E-state index is 0.0539. The topological polar surface area (TPSA) is 69.6 Å². The van der Waals surface area contributed by atoms with Crippen LogP contribution in [0, 0.1) is 11.7 Å². The maximum atomic E-state index is 13.3. The van der Waals surface area contributed by atoms with E-state index < -0.39 is 6.10 Å². The van der Waals surface area contributed by atoms with E-state index >= 15 is 0 Å². The summed E-state index contributed by atoms with van der Waals surface area (Å²) in [4.78, 5) is 25.6. The largest absolute Gasteiger partial charge is 0.391 e. The highest BCUT2D eigenvalue weighted by Gasteiger charge is 2.24. The number of carbonyl (C=O) groups is 2. The highest BCUT2D eigenvalue weighted by Crippen LogP contribution is 2.28. The van der Waals surface area contributed by atoms with Crippen molar-refractivity contribution in [1.29, 1.82) is 0 Å². The normalized spacial score (nSPS) is 15.4. The van der Waals surface area contributed by atoms with Crippen LogP contribution >= 0.6 is 0 Å². The SMILES string of the molecule is CC(C)CC(O)CNC(=O)CCN1C(=O)CCc2cc(F)ccc21. The number of hydrogen-bond donors (Lipinski definition) is 2. The molecule has 1 heterocycles. The Morgan fingerprint density at radius 1 is 1.38 bits per heavy atom. The molecule has 2 rings (SSSR count). The first-order chi connectivity index (χ1) is 11.4. The van der Waals surface area contributed by atoms with Crippen molar-refractivity contribution < 1.29 is 19.1 Å². The molecule has 1 aromatic rings. The predicted molar refractivity (Wildman–Crippen MR) is 90.2 cm³/mol. The van der Waals surface area contributed by atoms with Gasteiger partial charge in [-0.05, 0) is 42.5 Å². The van der Waals surface area contributed by atoms with Crippen LogP contribution in [0.25, 0.3) is 0 Å². The Morgan fingerprint density at radius 2 is 2.12 bits per heavy atom. The van der Waals surface area contributed by atoms with Gasteiger partial charge in [-0.15, -0.1) is 0 Å². The van der Waals surface area contributed by atoms with Crippen LogP contribution < -0.4 is 10.2 Å². The first kappa shape index (κ1) is 18.4. The van der Waals surface area contributed by atoms with Gasteiger partial charge >= 0.3 is 0 Å². The first-order valence-electron chi connectivity index (χ1n) is 8.40. The van der Waals surface area contributed by atoms with Crippen molar-refractivity contribution in [2.24, 2.45) is 5.92 Å². The molecule has 0 aromatic heterocycles. The van der Waals surface area contributed by atoms with Crippen LogP contribution in [-0.4, -0.2) is 36.1 Å². The van der Waals surface area contributed by atoms with E-state index in [1.165, 1.54) is 12.1 Å². The number of hydrogen-bond acceptors (Lipinski definition) is 3. The average molecular weight is 336 g/mol. The third-order valence-electron chi connectivity index (χ3n) is 4.08. The predicted octanol–water partition coefficient (Wildman–Crippen LogP) is 2.02. The summed E-state index contributed by atoms with van der Waals surface area (Å²) in [6, 6.07) is 4.36. The molecule has 6 heteroatoms. The summed E-state index contributed by atoms with van der Waals surface area (Å²) in [7, 11) is 0. The Kier molecular flexibility index (Phi) is 6.31. The van der Waals surface area contributed by atoms with Crippen molar-refractivity contribution in [2.75, 3.05) is 18.0 Å². The third-order valence-corrected chi connectivity index (χ3v) is 4.08. The smallest absolute Gasteiger partial charge is 0.227 e. The van der Waals surface area contributed by atoms with Crippen LogP contribution in [0.2, 0.25) is 0 Å². The highest BCUT2D eigenvalue weighted by atomic mass is 19.1. The lowest BCUT2D eigenvalue weighted by molar-refractivity contribution is -0.121. The number of amides is 2. The second kappa shape index (κ2) is 8.24. The summed E-state index contributed by atoms with van der Waals surface area (Å²) < 4.78 is 13.3. The van der Waals surface area contributed by atoms with Gasteiger partial charge < -0.3 is 15.3 Å². The minimum atomic E-state index is -0.561. The fraction of sp³-hybridized carbons (Fsp3) is 0.556. The Labute approximate surface area is 141 Å². The van der Waals surface area contributed by atoms with Crippen LogP contribution in [0.15, 0.2) is 18.2 Å². The quantitative estimate of drug-likeness (QED) is 0.800. The summed E-state index contributed by atoms with van der Waals surface area (Å²) in [5.74, 6) is -0.221. The number of benzene rings is 1. The number of anilines is 1. The van der Waals surface area contributed by atoms with E-state index in [2.05, 4.69) is 5.32 Å². The molecular formula is C18H25FN2O3. The van der Waals surface area contributed by atoms with E-state index in [4.69, 9.17) is 0 Å². The lowest BCUT2D eigenvalue weighted by atomic mass is 10.0. The molecule has 2 amide bonds. The number of carbonyl (C=O) groups excluding carboxylic acids is 2. The average Bonchev–Trinajstić information content (AvgIpc) is 2.51. The third kappa shape index (κ3) is 5.03. The number of aryl methyl sites for hydroxylation is 1. The molecule has 132 valence electrons. The maximum absolute atomic E-state index is 13.3. The van der Waals surface area contributed by atoms with E-state index in [0.29, 0.717) is 30.9 Å². The Balaban J connectivity index is 1.87. The van der Waals surface area contributed by atoms with Crippen molar-refractivity contribution in [3.05, 3.63) is 29.6 Å². The van der Waals surface area contributed by atoms with Crippen molar-refractivity contribution in [3.63, 3.8) is 0 Å². The molecule has 0 bridgehead atoms. The number of nitrogens with zero attached hydrogens (tertiary/aromatic N) is 1. The summed E-state index contributed by atoms with van der Waals surface area (Å²) in [5, 5.41) is 12.5. The fourth-order valence-corrected chi connectivity index (χ4v) is 2.93. The Morgan fingerprint density at radius 3 is 2.83 bits per heavy atom. The van der Waals surface area contributed by atoms with Gasteiger partial charge in [-0.2, -0.15) is 0 Å². The number of aliphatic hydroxyl groups excluding tert-OH is 1. The second-order valence-corrected chi connectivity index (χ2v) is 6.66. The molecule has 1 unspecified atom stereocenters. The van der Waals surface area contributed by atoms with Gasteiger partial charge in [0.1, 0.15) is 5.82 Å². The number of fused-ring (bicyclic) bond motifs is 1. The lowest BCUT2D eigenvalue weighted by Crippen LogP contribution is -2.39. The summed E-state index contributed by atoms with van der Waals surface area (Å²) in [6.07, 6.45) is 1.07. The molecule has 1 aliphatic heterocycles. The fourth-order valence-electron chi connectivity index (χ4n) is 2.93. The van der Waals surface area contributed by atoms with Crippen molar-refractivity contribution in [1.82, 2.24) is 5.32 Å². The van der Waals surface area contributed by atoms with E-state index in [1.54, 1.807) is 11.0 Å². The van der Waals surface area contributed by atoms with E-state index in [-0.39, 0.29) is 37.1 Å². The van der Waals surface area contributed by atoms with Crippen LogP contribution in [0.4, 0.5) is 10.1 Å². The molecule has 0 spiro atoms. The summed E-state index contributed by atoms with van der Waals surface area (Å²) in [5.41, 5.74) is 1.47. The summed E-state index contributed by atoms with van der Waals surface area (Å²) in [6.45, 7) is 4.48. The number of halogens is 1. The van der Waals surface area contributed by atoms with Crippen LogP contribution in [0.5, 0.6) is 0 Å². The molecule has 0 saturated carbocycles. The van der Waals surface area contributed by atoms with E-state index in [0.717, 1.165) is 5.56 Å². The number of aliphatic hydroxyl groups is 1. The lowest BCUT2D eigenvalue weighted by Gasteiger charge is -2.29. The Bertz CT molecular complexity index is 604. The van der Waals surface area contributed by atoms with Gasteiger partial charge in [-0.3, -0.25) is 9.59 Å². The van der Waals surface area contributed by atoms with Gasteiger partial charge in [0.25, 0.3) is 0 Å². The molecule has 1 aliphatic rings. The molecule has 1 aromatic carbocycles. The van der Waals surface area contributed by atoms with Gasteiger partial charge in [-0.1, -0.05) is 13.8 Å². The molecule has 0 aliphatic carbocycles. The van der Waals surface area contributed by atoms with Crippen LogP contribution in [0.1, 0.15) is 38.7 Å². The van der Waals surface area contributed by atoms with Gasteiger partial charge in [0.05, 0.1) is 6.10 Å². The zero-order valence-electron chi connectivity index (χ0n) is 14.2. The molecule has 0 radical (unpaired) electrons. The molecule has 0 fully saturated rings. The second-order valence-electron chi connectivity index (χ2n) is 6.66. The minimum Gasteiger partial charge on any atom is -0.391 e. The van der Waals surface area contributed by atoms with Crippen molar-refractivity contribution in [2.45, 2.75) is 45.6 Å². The first-order valence-corrected chi connectivity index (χ1v) is 8.40. The van der Waals surface area contributed by atoms with Crippen molar-refractivity contribution >= 4 is 17.5 Å². The monoisotopic (exact) mass is 336 g/mol. The maximum Gasteiger partial charge on any atom is 0.227 e. The highest BCUT2D eigenvalue weighted by molar-refractivity contribution is 5.97. The molecule has 2 N–H and O–H groups in total. The Hall–Kier alpha value is -1.95. The summed E-state index contributed by atoms with van der Waals surface area (Å²) >= 11 is 0. The van der Waals surface area contributed by atoms with Gasteiger partial charge in [0, 0.05) is 31.6 Å². The molecule has 5 nitrogen and oxygen atoms in total. The zero-order chi connectivity index (χ0) is 17.7. The van der Waals surface area contributed by atoms with E-state index in [9.17, 15) is 19.1 Å². The van der Waals surface area contributed by atoms with Crippen LogP contribution in [0.3, 0.4) is 0 Å². The van der Waals surface area contributed by atoms with Crippen molar-refractivity contribution in [3.8, 4) is 0 Å². The van der Waals surface area contributed by atoms with Gasteiger partial charge in [0.15, 0.2) is 0 Å². The number of rotatable bonds is 7. The molecule has 24 heavy (non-hydrogen) atoms. The molecular weight excluding hydrogens is 311 g/mol. The molecule has 1 atom stereocenters. The zero-order valence-corrected chi connectivity index (χ0v) is 14.2. The standard InChI is InChI=1S/C18H25FN2O3/c1-12(2)9-15(22)11-20-17(23)7-8-21-16-5-4-14(19)10-13(16)3-6-18(21)24/h4-5,10,12,15,22H,3,6-9,11H2,1-2H3,(H,20,23). The van der Waals surface area contributed by atoms with E-state index in [1.807, 2.05) is 13.8 Å².